The Morgan fingerprint density at radius 2 is 2.17 bits per heavy atom. The molecule has 1 atom stereocenters. The fraction of sp³-hybridized carbons (Fsp3) is 0.611. The fourth-order valence-corrected chi connectivity index (χ4v) is 3.43. The van der Waals surface area contributed by atoms with Crippen molar-refractivity contribution in [3.8, 4) is 5.75 Å². The topological polar surface area (TPSA) is 76.8 Å². The van der Waals surface area contributed by atoms with Crippen LogP contribution >= 0.6 is 0 Å². The summed E-state index contributed by atoms with van der Waals surface area (Å²) in [5.41, 5.74) is 6.77. The maximum Gasteiger partial charge on any atom is 0.250 e. The lowest BCUT2D eigenvalue weighted by molar-refractivity contribution is 0.0903. The van der Waals surface area contributed by atoms with Crippen molar-refractivity contribution in [2.24, 2.45) is 5.73 Å². The van der Waals surface area contributed by atoms with Crippen molar-refractivity contribution in [2.45, 2.75) is 37.8 Å². The van der Waals surface area contributed by atoms with Crippen LogP contribution in [0.5, 0.6) is 5.75 Å². The summed E-state index contributed by atoms with van der Waals surface area (Å²) < 4.78 is 11.5. The molecular formula is C18H27N3O3. The number of nitrogens with zero attached hydrogens (tertiary/aromatic N) is 1. The van der Waals surface area contributed by atoms with Gasteiger partial charge in [0, 0.05) is 25.3 Å². The van der Waals surface area contributed by atoms with E-state index in [1.807, 2.05) is 12.1 Å². The molecule has 2 aliphatic rings. The Hall–Kier alpha value is -1.79. The number of nitrogens with one attached hydrogen (secondary N) is 1. The quantitative estimate of drug-likeness (QED) is 0.831. The van der Waals surface area contributed by atoms with Gasteiger partial charge in [-0.2, -0.15) is 0 Å². The zero-order valence-corrected chi connectivity index (χ0v) is 14.3. The predicted molar refractivity (Wildman–Crippen MR) is 93.6 cm³/mol. The zero-order valence-electron chi connectivity index (χ0n) is 14.3. The predicted octanol–water partition coefficient (Wildman–Crippen LogP) is 1.85. The molecule has 0 unspecified atom stereocenters. The first kappa shape index (κ1) is 17.0. The Labute approximate surface area is 143 Å². The molecule has 0 radical (unpaired) electrons. The van der Waals surface area contributed by atoms with Crippen LogP contribution < -0.4 is 15.8 Å². The molecule has 0 saturated carbocycles. The van der Waals surface area contributed by atoms with E-state index in [1.165, 1.54) is 6.42 Å². The van der Waals surface area contributed by atoms with Crippen LogP contribution in [0.4, 0.5) is 5.69 Å². The van der Waals surface area contributed by atoms with Gasteiger partial charge in [0.15, 0.2) is 0 Å². The summed E-state index contributed by atoms with van der Waals surface area (Å²) in [7, 11) is 2.13. The number of primary amides is 1. The van der Waals surface area contributed by atoms with Crippen LogP contribution in [0, 0.1) is 0 Å². The van der Waals surface area contributed by atoms with Crippen molar-refractivity contribution < 1.29 is 14.3 Å². The van der Waals surface area contributed by atoms with E-state index in [4.69, 9.17) is 15.2 Å². The second-order valence-electron chi connectivity index (χ2n) is 6.66. The van der Waals surface area contributed by atoms with E-state index in [1.54, 1.807) is 6.07 Å². The highest BCUT2D eigenvalue weighted by Gasteiger charge is 2.23. The van der Waals surface area contributed by atoms with Gasteiger partial charge in [-0.05, 0) is 51.4 Å². The van der Waals surface area contributed by atoms with Gasteiger partial charge in [0.05, 0.1) is 11.3 Å². The van der Waals surface area contributed by atoms with Gasteiger partial charge in [0.25, 0.3) is 5.91 Å². The van der Waals surface area contributed by atoms with Gasteiger partial charge < -0.3 is 25.4 Å². The van der Waals surface area contributed by atoms with Crippen LogP contribution in [0.2, 0.25) is 0 Å². The van der Waals surface area contributed by atoms with Gasteiger partial charge in [-0.25, -0.2) is 0 Å². The molecular weight excluding hydrogens is 306 g/mol. The molecule has 6 nitrogen and oxygen atoms in total. The number of rotatable bonds is 6. The first-order chi connectivity index (χ1) is 11.6. The smallest absolute Gasteiger partial charge is 0.250 e. The first-order valence-electron chi connectivity index (χ1n) is 8.75. The van der Waals surface area contributed by atoms with E-state index in [0.717, 1.165) is 44.7 Å². The summed E-state index contributed by atoms with van der Waals surface area (Å²) in [6.45, 7) is 3.21. The van der Waals surface area contributed by atoms with E-state index in [-0.39, 0.29) is 6.04 Å². The Morgan fingerprint density at radius 3 is 2.83 bits per heavy atom. The summed E-state index contributed by atoms with van der Waals surface area (Å²) in [4.78, 5) is 14.1. The molecule has 0 aliphatic carbocycles. The summed E-state index contributed by atoms with van der Waals surface area (Å²) in [6.07, 6.45) is 4.18. The number of nitrogens with two attached hydrogens (primary N) is 1. The molecule has 1 aromatic rings. The van der Waals surface area contributed by atoms with Crippen LogP contribution in [0.1, 0.15) is 36.0 Å². The van der Waals surface area contributed by atoms with Crippen molar-refractivity contribution in [3.05, 3.63) is 23.8 Å². The van der Waals surface area contributed by atoms with Crippen molar-refractivity contribution >= 4 is 11.6 Å². The van der Waals surface area contributed by atoms with E-state index in [9.17, 15) is 4.79 Å². The molecule has 1 amide bonds. The third kappa shape index (κ3) is 3.99. The zero-order chi connectivity index (χ0) is 16.9. The SMILES string of the molecule is CN1CCC[C@@H]1COc1cccc(C(N)=O)c1NC1CCOCC1. The number of carbonyl (C=O) groups excluding carboxylic acids is 1. The molecule has 0 bridgehead atoms. The second-order valence-corrected chi connectivity index (χ2v) is 6.66. The lowest BCUT2D eigenvalue weighted by Crippen LogP contribution is -2.32. The van der Waals surface area contributed by atoms with Gasteiger partial charge in [-0.15, -0.1) is 0 Å². The van der Waals surface area contributed by atoms with E-state index < -0.39 is 5.91 Å². The Morgan fingerprint density at radius 1 is 1.38 bits per heavy atom. The van der Waals surface area contributed by atoms with E-state index >= 15 is 0 Å². The number of likely N-dealkylation sites (tertiary alicyclic amines) is 1. The molecule has 2 fully saturated rings. The molecule has 0 aromatic heterocycles. The Balaban J connectivity index is 1.76. The largest absolute Gasteiger partial charge is 0.490 e. The average molecular weight is 333 g/mol. The van der Waals surface area contributed by atoms with Crippen LogP contribution in [0.15, 0.2) is 18.2 Å². The number of anilines is 1. The number of carbonyl (C=O) groups is 1. The van der Waals surface area contributed by atoms with Gasteiger partial charge in [0.2, 0.25) is 0 Å². The fourth-order valence-electron chi connectivity index (χ4n) is 3.43. The lowest BCUT2D eigenvalue weighted by atomic mass is 10.1. The molecule has 24 heavy (non-hydrogen) atoms. The number of hydrogen-bond donors (Lipinski definition) is 2. The molecule has 6 heteroatoms. The molecule has 1 aromatic carbocycles. The van der Waals surface area contributed by atoms with Crippen molar-refractivity contribution in [2.75, 3.05) is 38.7 Å². The number of ether oxygens (including phenoxy) is 2. The number of para-hydroxylation sites is 1. The molecule has 2 saturated heterocycles. The summed E-state index contributed by atoms with van der Waals surface area (Å²) in [5, 5.41) is 3.47. The van der Waals surface area contributed by atoms with Crippen LogP contribution in [-0.2, 0) is 4.74 Å². The number of amides is 1. The summed E-state index contributed by atoms with van der Waals surface area (Å²) >= 11 is 0. The number of benzene rings is 1. The minimum Gasteiger partial charge on any atom is -0.490 e. The minimum atomic E-state index is -0.437. The van der Waals surface area contributed by atoms with Crippen molar-refractivity contribution in [1.29, 1.82) is 0 Å². The summed E-state index contributed by atoms with van der Waals surface area (Å²) in [6, 6.07) is 6.18. The van der Waals surface area contributed by atoms with Crippen molar-refractivity contribution in [3.63, 3.8) is 0 Å². The second kappa shape index (κ2) is 7.85. The molecule has 2 heterocycles. The maximum absolute atomic E-state index is 11.8. The molecule has 2 aliphatic heterocycles. The van der Waals surface area contributed by atoms with E-state index in [0.29, 0.717) is 24.0 Å². The third-order valence-electron chi connectivity index (χ3n) is 4.96. The number of hydrogen-bond acceptors (Lipinski definition) is 5. The van der Waals surface area contributed by atoms with Crippen LogP contribution in [0.3, 0.4) is 0 Å². The highest BCUT2D eigenvalue weighted by Crippen LogP contribution is 2.31. The highest BCUT2D eigenvalue weighted by atomic mass is 16.5. The summed E-state index contributed by atoms with van der Waals surface area (Å²) in [5.74, 6) is 0.270. The molecule has 132 valence electrons. The van der Waals surface area contributed by atoms with Gasteiger partial charge in [-0.3, -0.25) is 4.79 Å². The highest BCUT2D eigenvalue weighted by molar-refractivity contribution is 6.00. The van der Waals surface area contributed by atoms with Gasteiger partial charge >= 0.3 is 0 Å². The normalized spacial score (nSPS) is 22.5. The lowest BCUT2D eigenvalue weighted by Gasteiger charge is -2.27. The Kier molecular flexibility index (Phi) is 5.58. The number of likely N-dealkylation sites (N-methyl/N-ethyl adjacent to an activating group) is 1. The minimum absolute atomic E-state index is 0.274. The van der Waals surface area contributed by atoms with Gasteiger partial charge in [0.1, 0.15) is 12.4 Å². The Bertz CT molecular complexity index is 573. The molecule has 3 N–H and O–H groups in total. The monoisotopic (exact) mass is 333 g/mol. The average Bonchev–Trinajstić information content (AvgIpc) is 2.99. The van der Waals surface area contributed by atoms with Crippen molar-refractivity contribution in [1.82, 2.24) is 4.90 Å². The van der Waals surface area contributed by atoms with E-state index in [2.05, 4.69) is 17.3 Å². The maximum atomic E-state index is 11.8. The standard InChI is InChI=1S/C18H27N3O3/c1-21-9-3-4-14(21)12-24-16-6-2-5-15(18(19)22)17(16)20-13-7-10-23-11-8-13/h2,5-6,13-14,20H,3-4,7-12H2,1H3,(H2,19,22)/t14-/m1/s1. The van der Waals surface area contributed by atoms with Crippen LogP contribution in [-0.4, -0.2) is 56.3 Å². The molecule has 0 spiro atoms. The molecule has 3 rings (SSSR count). The third-order valence-corrected chi connectivity index (χ3v) is 4.96. The van der Waals surface area contributed by atoms with Crippen LogP contribution in [0.25, 0.3) is 0 Å². The van der Waals surface area contributed by atoms with Gasteiger partial charge in [-0.1, -0.05) is 6.07 Å². The first-order valence-corrected chi connectivity index (χ1v) is 8.75.